The molecule has 0 saturated carbocycles. The van der Waals surface area contributed by atoms with Crippen LogP contribution in [0.1, 0.15) is 44.2 Å². The van der Waals surface area contributed by atoms with Crippen LogP contribution in [-0.2, 0) is 9.53 Å². The van der Waals surface area contributed by atoms with Crippen molar-refractivity contribution in [3.05, 3.63) is 34.9 Å². The van der Waals surface area contributed by atoms with E-state index in [4.69, 9.17) is 16.3 Å². The number of benzene rings is 1. The zero-order chi connectivity index (χ0) is 20.4. The van der Waals surface area contributed by atoms with Crippen LogP contribution >= 0.6 is 11.6 Å². The molecule has 2 unspecified atom stereocenters. The minimum atomic E-state index is -0.151. The largest absolute Gasteiger partial charge is 0.466 e. The minimum Gasteiger partial charge on any atom is -0.466 e. The standard InChI is InChI=1S/C21H33ClN4O2/c1-4-28-19(27)11-6-12-24-21(23-2)25-15-17-9-7-13-26(3)20(17)16-8-5-10-18(22)14-16/h5,8,10,14,17,20H,4,6-7,9,11-13,15H2,1-3H3,(H2,23,24,25). The summed E-state index contributed by atoms with van der Waals surface area (Å²) in [7, 11) is 3.95. The van der Waals surface area contributed by atoms with Gasteiger partial charge in [0, 0.05) is 37.6 Å². The number of halogens is 1. The highest BCUT2D eigenvalue weighted by atomic mass is 35.5. The van der Waals surface area contributed by atoms with Crippen LogP contribution in [0.5, 0.6) is 0 Å². The molecule has 156 valence electrons. The van der Waals surface area contributed by atoms with E-state index in [9.17, 15) is 4.79 Å². The van der Waals surface area contributed by atoms with Crippen molar-refractivity contribution in [3.63, 3.8) is 0 Å². The number of likely N-dealkylation sites (tertiary alicyclic amines) is 1. The van der Waals surface area contributed by atoms with Gasteiger partial charge in [0.2, 0.25) is 0 Å². The summed E-state index contributed by atoms with van der Waals surface area (Å²) in [5.41, 5.74) is 1.26. The molecule has 0 aliphatic carbocycles. The van der Waals surface area contributed by atoms with Gasteiger partial charge in [0.25, 0.3) is 0 Å². The van der Waals surface area contributed by atoms with E-state index in [0.717, 1.165) is 36.9 Å². The van der Waals surface area contributed by atoms with Crippen LogP contribution in [0.25, 0.3) is 0 Å². The maximum absolute atomic E-state index is 11.4. The van der Waals surface area contributed by atoms with Gasteiger partial charge in [-0.3, -0.25) is 14.7 Å². The molecule has 2 N–H and O–H groups in total. The summed E-state index contributed by atoms with van der Waals surface area (Å²) in [6.45, 7) is 4.86. The van der Waals surface area contributed by atoms with Crippen LogP contribution in [0.4, 0.5) is 0 Å². The van der Waals surface area contributed by atoms with Crippen molar-refractivity contribution in [2.45, 2.75) is 38.6 Å². The fourth-order valence-corrected chi connectivity index (χ4v) is 4.01. The fraction of sp³-hybridized carbons (Fsp3) is 0.619. The predicted molar refractivity (Wildman–Crippen MR) is 115 cm³/mol. The molecule has 1 heterocycles. The monoisotopic (exact) mass is 408 g/mol. The Morgan fingerprint density at radius 3 is 2.93 bits per heavy atom. The van der Waals surface area contributed by atoms with Crippen LogP contribution in [0.15, 0.2) is 29.3 Å². The maximum Gasteiger partial charge on any atom is 0.305 e. The molecule has 0 amide bonds. The van der Waals surface area contributed by atoms with E-state index in [2.05, 4.69) is 39.7 Å². The summed E-state index contributed by atoms with van der Waals surface area (Å²) in [5.74, 6) is 1.08. The number of guanidine groups is 1. The number of nitrogens with one attached hydrogen (secondary N) is 2. The lowest BCUT2D eigenvalue weighted by Crippen LogP contribution is -2.45. The molecule has 6 nitrogen and oxygen atoms in total. The van der Waals surface area contributed by atoms with Gasteiger partial charge < -0.3 is 15.4 Å². The molecule has 1 aliphatic rings. The van der Waals surface area contributed by atoms with E-state index in [1.807, 2.05) is 19.1 Å². The topological polar surface area (TPSA) is 66.0 Å². The molecule has 0 spiro atoms. The van der Waals surface area contributed by atoms with E-state index in [-0.39, 0.29) is 5.97 Å². The zero-order valence-corrected chi connectivity index (χ0v) is 18.0. The molecule has 28 heavy (non-hydrogen) atoms. The lowest BCUT2D eigenvalue weighted by atomic mass is 9.85. The van der Waals surface area contributed by atoms with Crippen molar-refractivity contribution >= 4 is 23.5 Å². The first-order valence-electron chi connectivity index (χ1n) is 10.1. The third kappa shape index (κ3) is 6.99. The highest BCUT2D eigenvalue weighted by molar-refractivity contribution is 6.30. The molecule has 7 heteroatoms. The number of nitrogens with zero attached hydrogens (tertiary/aromatic N) is 2. The van der Waals surface area contributed by atoms with Gasteiger partial charge in [-0.15, -0.1) is 0 Å². The maximum atomic E-state index is 11.4. The Labute approximate surface area is 173 Å². The predicted octanol–water partition coefficient (Wildman–Crippen LogP) is 3.23. The first-order valence-corrected chi connectivity index (χ1v) is 10.5. The first kappa shape index (κ1) is 22.5. The Morgan fingerprint density at radius 1 is 1.39 bits per heavy atom. The average Bonchev–Trinajstić information content (AvgIpc) is 2.67. The van der Waals surface area contributed by atoms with Gasteiger partial charge in [0.15, 0.2) is 5.96 Å². The molecule has 0 aromatic heterocycles. The van der Waals surface area contributed by atoms with Crippen molar-refractivity contribution in [1.29, 1.82) is 0 Å². The lowest BCUT2D eigenvalue weighted by Gasteiger charge is -2.40. The third-order valence-electron chi connectivity index (χ3n) is 5.11. The van der Waals surface area contributed by atoms with Gasteiger partial charge in [-0.1, -0.05) is 23.7 Å². The Kier molecular flexibility index (Phi) is 9.58. The molecular weight excluding hydrogens is 376 g/mol. The molecule has 1 aliphatic heterocycles. The summed E-state index contributed by atoms with van der Waals surface area (Å²) in [6.07, 6.45) is 3.48. The van der Waals surface area contributed by atoms with Crippen molar-refractivity contribution in [1.82, 2.24) is 15.5 Å². The molecule has 1 aromatic carbocycles. The smallest absolute Gasteiger partial charge is 0.305 e. The number of carbonyl (C=O) groups excluding carboxylic acids is 1. The lowest BCUT2D eigenvalue weighted by molar-refractivity contribution is -0.143. The van der Waals surface area contributed by atoms with Gasteiger partial charge >= 0.3 is 5.97 Å². The van der Waals surface area contributed by atoms with Crippen LogP contribution < -0.4 is 10.6 Å². The second kappa shape index (κ2) is 11.9. The molecule has 1 saturated heterocycles. The highest BCUT2D eigenvalue weighted by Gasteiger charge is 2.30. The Balaban J connectivity index is 1.86. The highest BCUT2D eigenvalue weighted by Crippen LogP contribution is 2.35. The van der Waals surface area contributed by atoms with Crippen molar-refractivity contribution < 1.29 is 9.53 Å². The number of hydrogen-bond acceptors (Lipinski definition) is 4. The molecular formula is C21H33ClN4O2. The number of rotatable bonds is 8. The number of aliphatic imine (C=N–C) groups is 1. The van der Waals surface area contributed by atoms with E-state index in [1.165, 1.54) is 12.0 Å². The number of ether oxygens (including phenoxy) is 1. The molecule has 2 rings (SSSR count). The molecule has 1 aromatic rings. The number of hydrogen-bond donors (Lipinski definition) is 2. The van der Waals surface area contributed by atoms with E-state index in [0.29, 0.717) is 31.5 Å². The van der Waals surface area contributed by atoms with Gasteiger partial charge in [0.05, 0.1) is 6.61 Å². The van der Waals surface area contributed by atoms with Gasteiger partial charge in [-0.2, -0.15) is 0 Å². The van der Waals surface area contributed by atoms with E-state index in [1.54, 1.807) is 7.05 Å². The van der Waals surface area contributed by atoms with Crippen LogP contribution in [0.3, 0.4) is 0 Å². The fourth-order valence-electron chi connectivity index (χ4n) is 3.81. The second-order valence-electron chi connectivity index (χ2n) is 7.17. The van der Waals surface area contributed by atoms with Crippen molar-refractivity contribution in [3.8, 4) is 0 Å². The van der Waals surface area contributed by atoms with Gasteiger partial charge in [-0.25, -0.2) is 0 Å². The quantitative estimate of drug-likeness (QED) is 0.299. The Bertz CT molecular complexity index is 653. The summed E-state index contributed by atoms with van der Waals surface area (Å²) in [5, 5.41) is 7.51. The normalized spacial score (nSPS) is 20.6. The molecule has 0 radical (unpaired) electrons. The Morgan fingerprint density at radius 2 is 2.21 bits per heavy atom. The van der Waals surface area contributed by atoms with E-state index < -0.39 is 0 Å². The van der Waals surface area contributed by atoms with Crippen molar-refractivity contribution in [2.75, 3.05) is 40.3 Å². The number of esters is 1. The SMILES string of the molecule is CCOC(=O)CCCNC(=NC)NCC1CCCN(C)C1c1cccc(Cl)c1. The summed E-state index contributed by atoms with van der Waals surface area (Å²) >= 11 is 6.23. The van der Waals surface area contributed by atoms with Crippen LogP contribution in [-0.4, -0.2) is 57.2 Å². The number of piperidine rings is 1. The van der Waals surface area contributed by atoms with Crippen molar-refractivity contribution in [2.24, 2.45) is 10.9 Å². The Hall–Kier alpha value is -1.79. The first-order chi connectivity index (χ1) is 13.5. The van der Waals surface area contributed by atoms with E-state index >= 15 is 0 Å². The summed E-state index contributed by atoms with van der Waals surface area (Å²) < 4.78 is 4.95. The van der Waals surface area contributed by atoms with Gasteiger partial charge in [0.1, 0.15) is 0 Å². The molecule has 1 fully saturated rings. The third-order valence-corrected chi connectivity index (χ3v) is 5.34. The minimum absolute atomic E-state index is 0.151. The second-order valence-corrected chi connectivity index (χ2v) is 7.61. The summed E-state index contributed by atoms with van der Waals surface area (Å²) in [6, 6.07) is 8.51. The van der Waals surface area contributed by atoms with Crippen LogP contribution in [0, 0.1) is 5.92 Å². The molecule has 2 atom stereocenters. The average molecular weight is 409 g/mol. The zero-order valence-electron chi connectivity index (χ0n) is 17.2. The summed E-state index contributed by atoms with van der Waals surface area (Å²) in [4.78, 5) is 18.1. The number of carbonyl (C=O) groups is 1. The van der Waals surface area contributed by atoms with Crippen LogP contribution in [0.2, 0.25) is 5.02 Å². The molecule has 0 bridgehead atoms. The van der Waals surface area contributed by atoms with Gasteiger partial charge in [-0.05, 0) is 63.4 Å².